The Morgan fingerprint density at radius 2 is 2.11 bits per heavy atom. The molecule has 2 unspecified atom stereocenters. The number of hydrogen-bond acceptors (Lipinski definition) is 4. The van der Waals surface area contributed by atoms with Crippen LogP contribution in [0.1, 0.15) is 32.6 Å². The molecule has 2 atom stereocenters. The van der Waals surface area contributed by atoms with Gasteiger partial charge in [0.05, 0.1) is 6.10 Å². The molecule has 19 heavy (non-hydrogen) atoms. The maximum Gasteiger partial charge on any atom is 0.0590 e. The number of likely N-dealkylation sites (N-methyl/N-ethyl adjacent to an activating group) is 1. The van der Waals surface area contributed by atoms with Gasteiger partial charge in [-0.3, -0.25) is 4.90 Å². The average molecular weight is 269 g/mol. The maximum atomic E-state index is 5.85. The van der Waals surface area contributed by atoms with Gasteiger partial charge in [0.25, 0.3) is 0 Å². The van der Waals surface area contributed by atoms with Crippen molar-refractivity contribution in [2.24, 2.45) is 0 Å². The highest BCUT2D eigenvalue weighted by atomic mass is 16.5. The minimum Gasteiger partial charge on any atom is -0.378 e. The minimum absolute atomic E-state index is 0.505. The van der Waals surface area contributed by atoms with Crippen LogP contribution in [0.3, 0.4) is 0 Å². The third kappa shape index (κ3) is 5.03. The van der Waals surface area contributed by atoms with E-state index in [0.717, 1.165) is 25.7 Å². The van der Waals surface area contributed by atoms with Crippen LogP contribution in [0.15, 0.2) is 0 Å². The van der Waals surface area contributed by atoms with Gasteiger partial charge in [-0.05, 0) is 26.3 Å². The standard InChI is InChI=1S/C15H31N3O/c1-3-4-15-13-14(5-12-19-15)17(2)10-11-18-8-6-16-7-9-18/h14-16H,3-13H2,1-2H3. The van der Waals surface area contributed by atoms with Crippen molar-refractivity contribution in [1.29, 1.82) is 0 Å². The van der Waals surface area contributed by atoms with E-state index >= 15 is 0 Å². The highest BCUT2D eigenvalue weighted by molar-refractivity contribution is 4.79. The molecule has 2 saturated heterocycles. The Balaban J connectivity index is 1.67. The quantitative estimate of drug-likeness (QED) is 0.783. The summed E-state index contributed by atoms with van der Waals surface area (Å²) in [4.78, 5) is 5.14. The van der Waals surface area contributed by atoms with E-state index in [9.17, 15) is 0 Å². The van der Waals surface area contributed by atoms with E-state index in [0.29, 0.717) is 6.10 Å². The minimum atomic E-state index is 0.505. The first-order valence-corrected chi connectivity index (χ1v) is 8.04. The van der Waals surface area contributed by atoms with Gasteiger partial charge in [0.2, 0.25) is 0 Å². The molecule has 2 fully saturated rings. The second kappa shape index (κ2) is 8.20. The molecule has 2 heterocycles. The third-order valence-electron chi connectivity index (χ3n) is 4.55. The average Bonchev–Trinajstić information content (AvgIpc) is 2.46. The molecular formula is C15H31N3O. The van der Waals surface area contributed by atoms with Gasteiger partial charge in [-0.15, -0.1) is 0 Å². The largest absolute Gasteiger partial charge is 0.378 e. The lowest BCUT2D eigenvalue weighted by molar-refractivity contribution is -0.0269. The highest BCUT2D eigenvalue weighted by Crippen LogP contribution is 2.21. The van der Waals surface area contributed by atoms with Gasteiger partial charge in [0.15, 0.2) is 0 Å². The molecule has 112 valence electrons. The lowest BCUT2D eigenvalue weighted by Crippen LogP contribution is -2.48. The second-order valence-electron chi connectivity index (χ2n) is 6.03. The number of ether oxygens (including phenoxy) is 1. The van der Waals surface area contributed by atoms with Crippen LogP contribution in [0, 0.1) is 0 Å². The van der Waals surface area contributed by atoms with Crippen LogP contribution in [0.4, 0.5) is 0 Å². The van der Waals surface area contributed by atoms with E-state index < -0.39 is 0 Å². The fraction of sp³-hybridized carbons (Fsp3) is 1.00. The Morgan fingerprint density at radius 1 is 1.32 bits per heavy atom. The summed E-state index contributed by atoms with van der Waals surface area (Å²) in [5, 5.41) is 3.41. The van der Waals surface area contributed by atoms with Crippen molar-refractivity contribution >= 4 is 0 Å². The van der Waals surface area contributed by atoms with Crippen molar-refractivity contribution in [3.05, 3.63) is 0 Å². The SMILES string of the molecule is CCCC1CC(N(C)CCN2CCNCC2)CCO1. The fourth-order valence-electron chi connectivity index (χ4n) is 3.20. The summed E-state index contributed by atoms with van der Waals surface area (Å²) >= 11 is 0. The third-order valence-corrected chi connectivity index (χ3v) is 4.55. The van der Waals surface area contributed by atoms with Gasteiger partial charge in [-0.2, -0.15) is 0 Å². The Hall–Kier alpha value is -0.160. The zero-order valence-corrected chi connectivity index (χ0v) is 12.7. The van der Waals surface area contributed by atoms with Crippen LogP contribution in [0.5, 0.6) is 0 Å². The summed E-state index contributed by atoms with van der Waals surface area (Å²) in [7, 11) is 2.29. The van der Waals surface area contributed by atoms with Crippen molar-refractivity contribution in [3.63, 3.8) is 0 Å². The summed E-state index contributed by atoms with van der Waals surface area (Å²) < 4.78 is 5.85. The molecule has 0 spiro atoms. The monoisotopic (exact) mass is 269 g/mol. The lowest BCUT2D eigenvalue weighted by Gasteiger charge is -2.37. The molecule has 0 radical (unpaired) electrons. The zero-order chi connectivity index (χ0) is 13.5. The van der Waals surface area contributed by atoms with Crippen molar-refractivity contribution in [3.8, 4) is 0 Å². The van der Waals surface area contributed by atoms with Crippen molar-refractivity contribution < 1.29 is 4.74 Å². The molecular weight excluding hydrogens is 238 g/mol. The van der Waals surface area contributed by atoms with Crippen molar-refractivity contribution in [1.82, 2.24) is 15.1 Å². The van der Waals surface area contributed by atoms with E-state index in [1.54, 1.807) is 0 Å². The fourth-order valence-corrected chi connectivity index (χ4v) is 3.20. The molecule has 2 rings (SSSR count). The van der Waals surface area contributed by atoms with Gasteiger partial charge in [0, 0.05) is 51.9 Å². The van der Waals surface area contributed by atoms with Crippen LogP contribution < -0.4 is 5.32 Å². The van der Waals surface area contributed by atoms with Crippen LogP contribution in [-0.2, 0) is 4.74 Å². The molecule has 1 N–H and O–H groups in total. The van der Waals surface area contributed by atoms with Gasteiger partial charge in [-0.1, -0.05) is 13.3 Å². The predicted molar refractivity (Wildman–Crippen MR) is 79.6 cm³/mol. The van der Waals surface area contributed by atoms with E-state index in [1.165, 1.54) is 51.9 Å². The van der Waals surface area contributed by atoms with E-state index in [-0.39, 0.29) is 0 Å². The summed E-state index contributed by atoms with van der Waals surface area (Å²) in [5.74, 6) is 0. The maximum absolute atomic E-state index is 5.85. The molecule has 2 aliphatic rings. The lowest BCUT2D eigenvalue weighted by atomic mass is 9.99. The number of rotatable bonds is 6. The van der Waals surface area contributed by atoms with Crippen LogP contribution in [-0.4, -0.2) is 74.9 Å². The number of nitrogens with zero attached hydrogens (tertiary/aromatic N) is 2. The molecule has 0 saturated carbocycles. The molecule has 0 aromatic heterocycles. The van der Waals surface area contributed by atoms with Crippen molar-refractivity contribution in [2.75, 3.05) is 52.9 Å². The number of hydrogen-bond donors (Lipinski definition) is 1. The first kappa shape index (κ1) is 15.2. The Kier molecular flexibility index (Phi) is 6.57. The molecule has 0 amide bonds. The molecule has 2 aliphatic heterocycles. The second-order valence-corrected chi connectivity index (χ2v) is 6.03. The number of nitrogens with one attached hydrogen (secondary N) is 1. The smallest absolute Gasteiger partial charge is 0.0590 e. The summed E-state index contributed by atoms with van der Waals surface area (Å²) in [6.07, 6.45) is 5.40. The van der Waals surface area contributed by atoms with E-state index in [2.05, 4.69) is 29.1 Å². The van der Waals surface area contributed by atoms with Crippen LogP contribution >= 0.6 is 0 Å². The predicted octanol–water partition coefficient (Wildman–Crippen LogP) is 1.17. The Morgan fingerprint density at radius 3 is 2.84 bits per heavy atom. The normalized spacial score (nSPS) is 29.8. The van der Waals surface area contributed by atoms with Gasteiger partial charge in [0.1, 0.15) is 0 Å². The molecule has 0 aromatic rings. The van der Waals surface area contributed by atoms with Crippen molar-refractivity contribution in [2.45, 2.75) is 44.8 Å². The van der Waals surface area contributed by atoms with E-state index in [4.69, 9.17) is 4.74 Å². The molecule has 4 nitrogen and oxygen atoms in total. The summed E-state index contributed by atoms with van der Waals surface area (Å²) in [6.45, 7) is 10.3. The van der Waals surface area contributed by atoms with E-state index in [1.807, 2.05) is 0 Å². The Labute approximate surface area is 118 Å². The first-order valence-electron chi connectivity index (χ1n) is 8.04. The van der Waals surface area contributed by atoms with Gasteiger partial charge >= 0.3 is 0 Å². The summed E-state index contributed by atoms with van der Waals surface area (Å²) in [5.41, 5.74) is 0. The molecule has 0 aliphatic carbocycles. The van der Waals surface area contributed by atoms with Crippen LogP contribution in [0.25, 0.3) is 0 Å². The molecule has 0 bridgehead atoms. The highest BCUT2D eigenvalue weighted by Gasteiger charge is 2.25. The first-order chi connectivity index (χ1) is 9.29. The molecule has 0 aromatic carbocycles. The summed E-state index contributed by atoms with van der Waals surface area (Å²) in [6, 6.07) is 0.730. The molecule has 4 heteroatoms. The van der Waals surface area contributed by atoms with Gasteiger partial charge < -0.3 is 15.0 Å². The zero-order valence-electron chi connectivity index (χ0n) is 12.7. The van der Waals surface area contributed by atoms with Crippen LogP contribution in [0.2, 0.25) is 0 Å². The van der Waals surface area contributed by atoms with Gasteiger partial charge in [-0.25, -0.2) is 0 Å². The Bertz CT molecular complexity index is 242. The topological polar surface area (TPSA) is 27.7 Å². The number of piperazine rings is 1.